The SMILES string of the molecule is O=C(O)CCCOC(Cc1ccccc1)C(F)(F)F. The largest absolute Gasteiger partial charge is 0.481 e. The van der Waals surface area contributed by atoms with Crippen LogP contribution in [0.5, 0.6) is 0 Å². The van der Waals surface area contributed by atoms with Crippen molar-refractivity contribution in [1.82, 2.24) is 0 Å². The van der Waals surface area contributed by atoms with Crippen molar-refractivity contribution >= 4 is 5.97 Å². The molecule has 0 amide bonds. The summed E-state index contributed by atoms with van der Waals surface area (Å²) in [6, 6.07) is 8.24. The van der Waals surface area contributed by atoms with E-state index in [4.69, 9.17) is 9.84 Å². The van der Waals surface area contributed by atoms with Gasteiger partial charge in [0.2, 0.25) is 0 Å². The second-order valence-corrected chi connectivity index (χ2v) is 4.09. The molecule has 1 atom stereocenters. The molecule has 1 N–H and O–H groups in total. The van der Waals surface area contributed by atoms with Crippen LogP contribution in [0.4, 0.5) is 13.2 Å². The molecule has 0 fully saturated rings. The highest BCUT2D eigenvalue weighted by molar-refractivity contribution is 5.66. The molecule has 3 nitrogen and oxygen atoms in total. The van der Waals surface area contributed by atoms with E-state index in [-0.39, 0.29) is 25.9 Å². The van der Waals surface area contributed by atoms with Crippen LogP contribution in [-0.2, 0) is 16.0 Å². The number of aliphatic carboxylic acids is 1. The van der Waals surface area contributed by atoms with Crippen LogP contribution in [0.25, 0.3) is 0 Å². The molecule has 0 heterocycles. The van der Waals surface area contributed by atoms with Crippen LogP contribution in [0.3, 0.4) is 0 Å². The lowest BCUT2D eigenvalue weighted by Gasteiger charge is -2.20. The zero-order chi connectivity index (χ0) is 14.3. The Kier molecular flexibility index (Phi) is 5.82. The monoisotopic (exact) mass is 276 g/mol. The van der Waals surface area contributed by atoms with Gasteiger partial charge in [-0.1, -0.05) is 30.3 Å². The fourth-order valence-electron chi connectivity index (χ4n) is 1.55. The van der Waals surface area contributed by atoms with E-state index in [1.807, 2.05) is 0 Å². The van der Waals surface area contributed by atoms with Gasteiger partial charge in [-0.05, 0) is 12.0 Å². The number of ether oxygens (including phenoxy) is 1. The summed E-state index contributed by atoms with van der Waals surface area (Å²) in [5.74, 6) is -1.05. The minimum atomic E-state index is -4.46. The lowest BCUT2D eigenvalue weighted by molar-refractivity contribution is -0.220. The van der Waals surface area contributed by atoms with Gasteiger partial charge < -0.3 is 9.84 Å². The number of alkyl halides is 3. The van der Waals surface area contributed by atoms with Crippen molar-refractivity contribution in [3.05, 3.63) is 35.9 Å². The third-order valence-corrected chi connectivity index (χ3v) is 2.48. The molecular weight excluding hydrogens is 261 g/mol. The number of carboxylic acid groups (broad SMARTS) is 1. The average molecular weight is 276 g/mol. The Balaban J connectivity index is 2.51. The molecule has 0 aliphatic carbocycles. The second kappa shape index (κ2) is 7.13. The van der Waals surface area contributed by atoms with Gasteiger partial charge in [0.05, 0.1) is 0 Å². The number of rotatable bonds is 7. The molecule has 0 aliphatic rings. The smallest absolute Gasteiger partial charge is 0.414 e. The topological polar surface area (TPSA) is 46.5 Å². The lowest BCUT2D eigenvalue weighted by atomic mass is 10.1. The van der Waals surface area contributed by atoms with E-state index in [9.17, 15) is 18.0 Å². The van der Waals surface area contributed by atoms with E-state index in [1.54, 1.807) is 30.3 Å². The second-order valence-electron chi connectivity index (χ2n) is 4.09. The Morgan fingerprint density at radius 3 is 2.42 bits per heavy atom. The summed E-state index contributed by atoms with van der Waals surface area (Å²) in [5.41, 5.74) is 0.531. The molecule has 0 aromatic heterocycles. The zero-order valence-electron chi connectivity index (χ0n) is 10.2. The Labute approximate surface area is 109 Å². The normalized spacial score (nSPS) is 13.2. The quantitative estimate of drug-likeness (QED) is 0.779. The molecule has 1 aromatic carbocycles. The predicted molar refractivity (Wildman–Crippen MR) is 62.8 cm³/mol. The van der Waals surface area contributed by atoms with Gasteiger partial charge in [-0.2, -0.15) is 13.2 Å². The number of hydrogen-bond donors (Lipinski definition) is 1. The van der Waals surface area contributed by atoms with Crippen molar-refractivity contribution in [1.29, 1.82) is 0 Å². The van der Waals surface area contributed by atoms with Gasteiger partial charge in [0.25, 0.3) is 0 Å². The number of halogens is 3. The zero-order valence-corrected chi connectivity index (χ0v) is 10.2. The van der Waals surface area contributed by atoms with Gasteiger partial charge >= 0.3 is 12.1 Å². The van der Waals surface area contributed by atoms with Crippen LogP contribution in [0, 0.1) is 0 Å². The van der Waals surface area contributed by atoms with E-state index >= 15 is 0 Å². The lowest BCUT2D eigenvalue weighted by Crippen LogP contribution is -2.34. The number of carbonyl (C=O) groups is 1. The summed E-state index contributed by atoms with van der Waals surface area (Å²) in [5, 5.41) is 8.40. The summed E-state index contributed by atoms with van der Waals surface area (Å²) < 4.78 is 43.0. The highest BCUT2D eigenvalue weighted by Crippen LogP contribution is 2.26. The maximum atomic E-state index is 12.8. The Bertz CT molecular complexity index is 390. The van der Waals surface area contributed by atoms with Crippen molar-refractivity contribution < 1.29 is 27.8 Å². The maximum absolute atomic E-state index is 12.8. The van der Waals surface area contributed by atoms with Crippen LogP contribution in [0.15, 0.2) is 30.3 Å². The average Bonchev–Trinajstić information content (AvgIpc) is 2.32. The minimum Gasteiger partial charge on any atom is -0.481 e. The highest BCUT2D eigenvalue weighted by atomic mass is 19.4. The van der Waals surface area contributed by atoms with Gasteiger partial charge in [-0.15, -0.1) is 0 Å². The molecule has 0 bridgehead atoms. The van der Waals surface area contributed by atoms with Crippen LogP contribution in [0.2, 0.25) is 0 Å². The number of hydrogen-bond acceptors (Lipinski definition) is 2. The van der Waals surface area contributed by atoms with Crippen molar-refractivity contribution in [2.75, 3.05) is 6.61 Å². The van der Waals surface area contributed by atoms with Gasteiger partial charge in [-0.3, -0.25) is 4.79 Å². The fourth-order valence-corrected chi connectivity index (χ4v) is 1.55. The Morgan fingerprint density at radius 1 is 1.26 bits per heavy atom. The summed E-state index contributed by atoms with van der Waals surface area (Å²) in [6.45, 7) is -0.219. The van der Waals surface area contributed by atoms with E-state index in [2.05, 4.69) is 0 Å². The van der Waals surface area contributed by atoms with Crippen LogP contribution in [0.1, 0.15) is 18.4 Å². The summed E-state index contributed by atoms with van der Waals surface area (Å²) in [4.78, 5) is 10.3. The summed E-state index contributed by atoms with van der Waals surface area (Å²) in [7, 11) is 0. The van der Waals surface area contributed by atoms with E-state index < -0.39 is 18.2 Å². The van der Waals surface area contributed by atoms with Crippen LogP contribution < -0.4 is 0 Å². The Hall–Kier alpha value is -1.56. The van der Waals surface area contributed by atoms with Crippen LogP contribution >= 0.6 is 0 Å². The molecule has 1 aromatic rings. The summed E-state index contributed by atoms with van der Waals surface area (Å²) in [6.07, 6.45) is -6.76. The molecular formula is C13H15F3O3. The third kappa shape index (κ3) is 6.24. The minimum absolute atomic E-state index is 0.0662. The molecule has 19 heavy (non-hydrogen) atoms. The molecule has 1 unspecified atom stereocenters. The van der Waals surface area contributed by atoms with E-state index in [1.165, 1.54) is 0 Å². The maximum Gasteiger partial charge on any atom is 0.414 e. The molecule has 0 radical (unpaired) electrons. The molecule has 0 saturated carbocycles. The number of carboxylic acids is 1. The Morgan fingerprint density at radius 2 is 1.89 bits per heavy atom. The first kappa shape index (κ1) is 15.5. The number of benzene rings is 1. The first-order valence-corrected chi connectivity index (χ1v) is 5.83. The highest BCUT2D eigenvalue weighted by Gasteiger charge is 2.40. The summed E-state index contributed by atoms with van der Waals surface area (Å²) >= 11 is 0. The first-order chi connectivity index (χ1) is 8.89. The van der Waals surface area contributed by atoms with Crippen LogP contribution in [-0.4, -0.2) is 30.0 Å². The van der Waals surface area contributed by atoms with Crippen molar-refractivity contribution in [3.8, 4) is 0 Å². The van der Waals surface area contributed by atoms with E-state index in [0.717, 1.165) is 0 Å². The van der Waals surface area contributed by atoms with Gasteiger partial charge in [0.1, 0.15) is 0 Å². The molecule has 0 saturated heterocycles. The van der Waals surface area contributed by atoms with Gasteiger partial charge in [0, 0.05) is 19.4 Å². The van der Waals surface area contributed by atoms with Crippen molar-refractivity contribution in [3.63, 3.8) is 0 Å². The predicted octanol–water partition coefficient (Wildman–Crippen LogP) is 3.04. The van der Waals surface area contributed by atoms with Crippen molar-refractivity contribution in [2.24, 2.45) is 0 Å². The van der Waals surface area contributed by atoms with Gasteiger partial charge in [0.15, 0.2) is 6.10 Å². The molecule has 106 valence electrons. The molecule has 6 heteroatoms. The third-order valence-electron chi connectivity index (χ3n) is 2.48. The van der Waals surface area contributed by atoms with Crippen molar-refractivity contribution in [2.45, 2.75) is 31.5 Å². The molecule has 0 aliphatic heterocycles. The van der Waals surface area contributed by atoms with E-state index in [0.29, 0.717) is 5.56 Å². The van der Waals surface area contributed by atoms with Gasteiger partial charge in [-0.25, -0.2) is 0 Å². The molecule has 1 rings (SSSR count). The fraction of sp³-hybridized carbons (Fsp3) is 0.462. The molecule has 0 spiro atoms. The first-order valence-electron chi connectivity index (χ1n) is 5.83. The standard InChI is InChI=1S/C13H15F3O3/c14-13(15,16)11(19-8-4-7-12(17)18)9-10-5-2-1-3-6-10/h1-3,5-6,11H,4,7-9H2,(H,17,18).